The Morgan fingerprint density at radius 3 is 2.36 bits per heavy atom. The molecule has 22 heavy (non-hydrogen) atoms. The third-order valence-corrected chi connectivity index (χ3v) is 5.21. The van der Waals surface area contributed by atoms with E-state index in [4.69, 9.17) is 4.74 Å². The highest BCUT2D eigenvalue weighted by Gasteiger charge is 2.15. The largest absolute Gasteiger partial charge is 0.492 e. The van der Waals surface area contributed by atoms with Gasteiger partial charge in [0.1, 0.15) is 12.4 Å². The summed E-state index contributed by atoms with van der Waals surface area (Å²) in [6.07, 6.45) is 0. The number of rotatable bonds is 6. The van der Waals surface area contributed by atoms with E-state index in [1.165, 1.54) is 0 Å². The number of hydrogen-bond donors (Lipinski definition) is 1. The Hall–Kier alpha value is -1.85. The van der Waals surface area contributed by atoms with Crippen LogP contribution in [0.5, 0.6) is 5.75 Å². The van der Waals surface area contributed by atoms with Crippen LogP contribution in [0.1, 0.15) is 16.7 Å². The Morgan fingerprint density at radius 2 is 1.64 bits per heavy atom. The van der Waals surface area contributed by atoms with Crippen LogP contribution in [-0.2, 0) is 10.0 Å². The van der Waals surface area contributed by atoms with Crippen molar-refractivity contribution >= 4 is 10.0 Å². The van der Waals surface area contributed by atoms with Crippen molar-refractivity contribution in [3.63, 3.8) is 0 Å². The summed E-state index contributed by atoms with van der Waals surface area (Å²) in [5.74, 6) is 0.787. The quantitative estimate of drug-likeness (QED) is 0.833. The highest BCUT2D eigenvalue weighted by Crippen LogP contribution is 2.20. The summed E-state index contributed by atoms with van der Waals surface area (Å²) in [7, 11) is -3.49. The molecule has 0 bridgehead atoms. The SMILES string of the molecule is Cc1ccccc1S(=O)(=O)NCCOc1cccc(C)c1C. The molecule has 0 spiro atoms. The van der Waals surface area contributed by atoms with Crippen LogP contribution >= 0.6 is 0 Å². The molecule has 4 nitrogen and oxygen atoms in total. The van der Waals surface area contributed by atoms with Crippen molar-refractivity contribution in [2.45, 2.75) is 25.7 Å². The number of nitrogens with one attached hydrogen (secondary N) is 1. The van der Waals surface area contributed by atoms with Crippen molar-refractivity contribution in [2.75, 3.05) is 13.2 Å². The van der Waals surface area contributed by atoms with E-state index in [9.17, 15) is 8.42 Å². The molecule has 2 aromatic rings. The van der Waals surface area contributed by atoms with Gasteiger partial charge in [-0.05, 0) is 49.6 Å². The van der Waals surface area contributed by atoms with Gasteiger partial charge in [0, 0.05) is 6.54 Å². The molecule has 0 aliphatic heterocycles. The fourth-order valence-corrected chi connectivity index (χ4v) is 3.41. The molecule has 0 heterocycles. The molecular formula is C17H21NO3S. The lowest BCUT2D eigenvalue weighted by molar-refractivity contribution is 0.320. The van der Waals surface area contributed by atoms with E-state index in [2.05, 4.69) is 4.72 Å². The molecule has 2 rings (SSSR count). The predicted molar refractivity (Wildman–Crippen MR) is 87.8 cm³/mol. The topological polar surface area (TPSA) is 55.4 Å². The van der Waals surface area contributed by atoms with Crippen LogP contribution in [0.15, 0.2) is 47.4 Å². The Morgan fingerprint density at radius 1 is 0.955 bits per heavy atom. The minimum Gasteiger partial charge on any atom is -0.492 e. The first kappa shape index (κ1) is 16.5. The summed E-state index contributed by atoms with van der Waals surface area (Å²) in [6.45, 7) is 6.30. The van der Waals surface area contributed by atoms with Crippen LogP contribution in [-0.4, -0.2) is 21.6 Å². The van der Waals surface area contributed by atoms with Crippen LogP contribution in [0.3, 0.4) is 0 Å². The van der Waals surface area contributed by atoms with Gasteiger partial charge in [-0.3, -0.25) is 0 Å². The molecule has 0 saturated carbocycles. The van der Waals surface area contributed by atoms with Crippen molar-refractivity contribution in [1.29, 1.82) is 0 Å². The molecular weight excluding hydrogens is 298 g/mol. The first-order valence-electron chi connectivity index (χ1n) is 7.16. The monoisotopic (exact) mass is 319 g/mol. The Labute approximate surface area is 132 Å². The maximum absolute atomic E-state index is 12.2. The molecule has 118 valence electrons. The number of hydrogen-bond acceptors (Lipinski definition) is 3. The number of sulfonamides is 1. The fourth-order valence-electron chi connectivity index (χ4n) is 2.15. The third-order valence-electron chi connectivity index (χ3n) is 3.59. The van der Waals surface area contributed by atoms with Gasteiger partial charge in [-0.2, -0.15) is 0 Å². The van der Waals surface area contributed by atoms with Gasteiger partial charge in [0.15, 0.2) is 0 Å². The first-order chi connectivity index (χ1) is 10.4. The minimum atomic E-state index is -3.49. The van der Waals surface area contributed by atoms with Crippen molar-refractivity contribution in [1.82, 2.24) is 4.72 Å². The molecule has 0 fully saturated rings. The molecule has 0 atom stereocenters. The second kappa shape index (κ2) is 6.94. The van der Waals surface area contributed by atoms with E-state index >= 15 is 0 Å². The number of benzene rings is 2. The highest BCUT2D eigenvalue weighted by atomic mass is 32.2. The molecule has 0 radical (unpaired) electrons. The molecule has 0 aliphatic rings. The van der Waals surface area contributed by atoms with Crippen molar-refractivity contribution < 1.29 is 13.2 Å². The van der Waals surface area contributed by atoms with E-state index in [1.807, 2.05) is 38.1 Å². The highest BCUT2D eigenvalue weighted by molar-refractivity contribution is 7.89. The molecule has 0 aromatic heterocycles. The van der Waals surface area contributed by atoms with E-state index in [0.29, 0.717) is 4.90 Å². The van der Waals surface area contributed by atoms with Crippen molar-refractivity contribution in [2.24, 2.45) is 0 Å². The third kappa shape index (κ3) is 3.87. The van der Waals surface area contributed by atoms with E-state index in [0.717, 1.165) is 22.4 Å². The fraction of sp³-hybridized carbons (Fsp3) is 0.294. The van der Waals surface area contributed by atoms with Crippen molar-refractivity contribution in [3.05, 3.63) is 59.2 Å². The van der Waals surface area contributed by atoms with Gasteiger partial charge in [0.2, 0.25) is 10.0 Å². The number of ether oxygens (including phenoxy) is 1. The second-order valence-corrected chi connectivity index (χ2v) is 6.95. The molecule has 0 aliphatic carbocycles. The Balaban J connectivity index is 1.94. The van der Waals surface area contributed by atoms with Crippen LogP contribution in [0.25, 0.3) is 0 Å². The summed E-state index contributed by atoms with van der Waals surface area (Å²) in [6, 6.07) is 12.7. The van der Waals surface area contributed by atoms with E-state index in [-0.39, 0.29) is 13.2 Å². The summed E-state index contributed by atoms with van der Waals surface area (Å²) in [5.41, 5.74) is 2.95. The predicted octanol–water partition coefficient (Wildman–Crippen LogP) is 2.97. The van der Waals surface area contributed by atoms with Crippen LogP contribution in [0, 0.1) is 20.8 Å². The maximum Gasteiger partial charge on any atom is 0.240 e. The molecule has 0 saturated heterocycles. The Kier molecular flexibility index (Phi) is 5.21. The van der Waals surface area contributed by atoms with Gasteiger partial charge in [0.25, 0.3) is 0 Å². The lowest BCUT2D eigenvalue weighted by Gasteiger charge is -2.12. The maximum atomic E-state index is 12.2. The summed E-state index contributed by atoms with van der Waals surface area (Å²) in [5, 5.41) is 0. The zero-order chi connectivity index (χ0) is 16.2. The van der Waals surface area contributed by atoms with Gasteiger partial charge in [-0.15, -0.1) is 0 Å². The van der Waals surface area contributed by atoms with Crippen molar-refractivity contribution in [3.8, 4) is 5.75 Å². The van der Waals surface area contributed by atoms with Crippen LogP contribution < -0.4 is 9.46 Å². The molecule has 1 N–H and O–H groups in total. The number of aryl methyl sites for hydroxylation is 2. The average Bonchev–Trinajstić information content (AvgIpc) is 2.48. The lowest BCUT2D eigenvalue weighted by Crippen LogP contribution is -2.28. The standard InChI is InChI=1S/C17H21NO3S/c1-13-8-6-9-16(15(13)3)21-12-11-18-22(19,20)17-10-5-4-7-14(17)2/h4-10,18H,11-12H2,1-3H3. The molecule has 0 amide bonds. The second-order valence-electron chi connectivity index (χ2n) is 5.21. The summed E-state index contributed by atoms with van der Waals surface area (Å²) in [4.78, 5) is 0.307. The summed E-state index contributed by atoms with van der Waals surface area (Å²) >= 11 is 0. The van der Waals surface area contributed by atoms with E-state index < -0.39 is 10.0 Å². The zero-order valence-corrected chi connectivity index (χ0v) is 13.9. The zero-order valence-electron chi connectivity index (χ0n) is 13.1. The molecule has 0 unspecified atom stereocenters. The molecule has 2 aromatic carbocycles. The van der Waals surface area contributed by atoms with Gasteiger partial charge in [-0.25, -0.2) is 13.1 Å². The van der Waals surface area contributed by atoms with Gasteiger partial charge in [0.05, 0.1) is 4.90 Å². The van der Waals surface area contributed by atoms with Crippen LogP contribution in [0.4, 0.5) is 0 Å². The molecule has 5 heteroatoms. The van der Waals surface area contributed by atoms with Gasteiger partial charge in [-0.1, -0.05) is 30.3 Å². The normalized spacial score (nSPS) is 11.4. The lowest BCUT2D eigenvalue weighted by atomic mass is 10.1. The van der Waals surface area contributed by atoms with Gasteiger partial charge < -0.3 is 4.74 Å². The first-order valence-corrected chi connectivity index (χ1v) is 8.64. The smallest absolute Gasteiger partial charge is 0.240 e. The average molecular weight is 319 g/mol. The van der Waals surface area contributed by atoms with Gasteiger partial charge >= 0.3 is 0 Å². The summed E-state index contributed by atoms with van der Waals surface area (Å²) < 4.78 is 32.7. The minimum absolute atomic E-state index is 0.226. The Bertz CT molecular complexity index is 754. The van der Waals surface area contributed by atoms with E-state index in [1.54, 1.807) is 25.1 Å². The van der Waals surface area contributed by atoms with Crippen LogP contribution in [0.2, 0.25) is 0 Å².